The van der Waals surface area contributed by atoms with Crippen molar-refractivity contribution < 1.29 is 18.7 Å². The van der Waals surface area contributed by atoms with Gasteiger partial charge >= 0.3 is 6.03 Å². The summed E-state index contributed by atoms with van der Waals surface area (Å²) in [5.41, 5.74) is 0.591. The van der Waals surface area contributed by atoms with Crippen molar-refractivity contribution in [2.45, 2.75) is 33.0 Å². The van der Waals surface area contributed by atoms with E-state index in [1.807, 2.05) is 13.8 Å². The van der Waals surface area contributed by atoms with Crippen LogP contribution in [0.2, 0.25) is 0 Å². The molecular formula is C17H23FN6O3. The quantitative estimate of drug-likeness (QED) is 0.797. The Bertz CT molecular complexity index is 806. The van der Waals surface area contributed by atoms with E-state index in [0.717, 1.165) is 0 Å². The summed E-state index contributed by atoms with van der Waals surface area (Å²) in [5.74, 6) is -0.483. The third-order valence-corrected chi connectivity index (χ3v) is 4.29. The molecule has 1 saturated heterocycles. The molecule has 1 aromatic heterocycles. The lowest BCUT2D eigenvalue weighted by atomic mass is 10.0. The lowest BCUT2D eigenvalue weighted by molar-refractivity contribution is -0.153. The average Bonchev–Trinajstić information content (AvgIpc) is 3.23. The van der Waals surface area contributed by atoms with E-state index in [9.17, 15) is 9.18 Å². The molecule has 146 valence electrons. The minimum absolute atomic E-state index is 0.159. The summed E-state index contributed by atoms with van der Waals surface area (Å²) in [6.07, 6.45) is 0.673. The maximum atomic E-state index is 14.1. The van der Waals surface area contributed by atoms with E-state index in [4.69, 9.17) is 9.47 Å². The fourth-order valence-corrected chi connectivity index (χ4v) is 3.03. The topological polar surface area (TPSA) is 103 Å². The highest BCUT2D eigenvalue weighted by molar-refractivity contribution is 5.89. The van der Waals surface area contributed by atoms with E-state index >= 15 is 0 Å². The lowest BCUT2D eigenvalue weighted by Gasteiger charge is -2.26. The summed E-state index contributed by atoms with van der Waals surface area (Å²) in [6.45, 7) is 7.19. The monoisotopic (exact) mass is 378 g/mol. The summed E-state index contributed by atoms with van der Waals surface area (Å²) in [7, 11) is 0. The normalized spacial score (nSPS) is 16.9. The first-order valence-corrected chi connectivity index (χ1v) is 8.74. The third-order valence-electron chi connectivity index (χ3n) is 4.29. The number of tetrazole rings is 1. The van der Waals surface area contributed by atoms with Crippen LogP contribution < -0.4 is 10.6 Å². The fourth-order valence-electron chi connectivity index (χ4n) is 3.03. The average molecular weight is 378 g/mol. The Kier molecular flexibility index (Phi) is 5.66. The van der Waals surface area contributed by atoms with Gasteiger partial charge < -0.3 is 20.1 Å². The van der Waals surface area contributed by atoms with Crippen molar-refractivity contribution in [1.29, 1.82) is 0 Å². The summed E-state index contributed by atoms with van der Waals surface area (Å²) in [6, 6.07) is 3.82. The molecular weight excluding hydrogens is 355 g/mol. The molecule has 9 nitrogen and oxygen atoms in total. The van der Waals surface area contributed by atoms with Crippen LogP contribution in [0.25, 0.3) is 5.69 Å². The number of halogens is 1. The zero-order chi connectivity index (χ0) is 19.4. The number of hydrogen-bond donors (Lipinski definition) is 2. The van der Waals surface area contributed by atoms with Crippen LogP contribution in [0.3, 0.4) is 0 Å². The van der Waals surface area contributed by atoms with E-state index in [1.54, 1.807) is 6.92 Å². The van der Waals surface area contributed by atoms with Crippen molar-refractivity contribution in [3.05, 3.63) is 29.8 Å². The Morgan fingerprint density at radius 1 is 1.41 bits per heavy atom. The smallest absolute Gasteiger partial charge is 0.319 e. The van der Waals surface area contributed by atoms with Crippen molar-refractivity contribution >= 4 is 11.7 Å². The Morgan fingerprint density at radius 3 is 2.81 bits per heavy atom. The molecule has 1 atom stereocenters. The molecule has 2 heterocycles. The number of nitrogens with zero attached hydrogens (tertiary/aromatic N) is 4. The molecule has 10 heteroatoms. The molecule has 27 heavy (non-hydrogen) atoms. The summed E-state index contributed by atoms with van der Waals surface area (Å²) in [5, 5.41) is 16.5. The van der Waals surface area contributed by atoms with Crippen molar-refractivity contribution in [1.82, 2.24) is 25.5 Å². The van der Waals surface area contributed by atoms with Gasteiger partial charge in [0.25, 0.3) is 0 Å². The molecule has 0 spiro atoms. The Balaban J connectivity index is 1.56. The van der Waals surface area contributed by atoms with Crippen molar-refractivity contribution in [2.75, 3.05) is 25.1 Å². The zero-order valence-electron chi connectivity index (χ0n) is 15.5. The Morgan fingerprint density at radius 2 is 2.15 bits per heavy atom. The highest BCUT2D eigenvalue weighted by Crippen LogP contribution is 2.26. The van der Waals surface area contributed by atoms with Crippen molar-refractivity contribution in [3.8, 4) is 5.69 Å². The highest BCUT2D eigenvalue weighted by Gasteiger charge is 2.32. The van der Waals surface area contributed by atoms with Gasteiger partial charge in [0.15, 0.2) is 11.6 Å². The number of aryl methyl sites for hydroxylation is 1. The van der Waals surface area contributed by atoms with E-state index < -0.39 is 11.6 Å². The lowest BCUT2D eigenvalue weighted by Crippen LogP contribution is -2.36. The van der Waals surface area contributed by atoms with Gasteiger partial charge in [0.05, 0.1) is 13.2 Å². The van der Waals surface area contributed by atoms with Crippen LogP contribution in [0, 0.1) is 18.7 Å². The van der Waals surface area contributed by atoms with Crippen molar-refractivity contribution in [2.24, 2.45) is 5.92 Å². The molecule has 0 radical (unpaired) electrons. The minimum Gasteiger partial charge on any atom is -0.348 e. The predicted molar refractivity (Wildman–Crippen MR) is 95.0 cm³/mol. The van der Waals surface area contributed by atoms with E-state index in [1.165, 1.54) is 22.9 Å². The second-order valence-corrected chi connectivity index (χ2v) is 6.78. The molecule has 2 aromatic rings. The molecule has 1 fully saturated rings. The van der Waals surface area contributed by atoms with Gasteiger partial charge in [-0.25, -0.2) is 9.18 Å². The molecule has 2 amide bonds. The van der Waals surface area contributed by atoms with Gasteiger partial charge in [-0.05, 0) is 48.4 Å². The summed E-state index contributed by atoms with van der Waals surface area (Å²) < 4.78 is 26.5. The van der Waals surface area contributed by atoms with Gasteiger partial charge in [-0.15, -0.1) is 5.10 Å². The van der Waals surface area contributed by atoms with E-state index in [-0.39, 0.29) is 17.6 Å². The maximum absolute atomic E-state index is 14.1. The van der Waals surface area contributed by atoms with E-state index in [0.29, 0.717) is 37.7 Å². The van der Waals surface area contributed by atoms with Gasteiger partial charge in [0.1, 0.15) is 11.5 Å². The minimum atomic E-state index is -0.590. The van der Waals surface area contributed by atoms with Gasteiger partial charge in [-0.1, -0.05) is 6.92 Å². The van der Waals surface area contributed by atoms with Crippen LogP contribution in [-0.4, -0.2) is 51.8 Å². The summed E-state index contributed by atoms with van der Waals surface area (Å²) >= 11 is 0. The maximum Gasteiger partial charge on any atom is 0.319 e. The second-order valence-electron chi connectivity index (χ2n) is 6.78. The zero-order valence-corrected chi connectivity index (χ0v) is 15.5. The fraction of sp³-hybridized carbons (Fsp3) is 0.529. The Hall–Kier alpha value is -2.59. The number of anilines is 1. The van der Waals surface area contributed by atoms with Crippen LogP contribution in [0.15, 0.2) is 18.2 Å². The van der Waals surface area contributed by atoms with Crippen LogP contribution in [0.4, 0.5) is 14.9 Å². The number of amides is 2. The number of aromatic nitrogens is 4. The number of hydrogen-bond acceptors (Lipinski definition) is 6. The SMILES string of the molecule is Cc1nnnn1-c1cc(NC(=O)NC[C@H](C)CC2(C)OCCO2)ccc1F. The van der Waals surface area contributed by atoms with Gasteiger partial charge in [0, 0.05) is 18.7 Å². The number of benzene rings is 1. The number of nitrogens with one attached hydrogen (secondary N) is 2. The molecule has 0 saturated carbocycles. The van der Waals surface area contributed by atoms with Crippen LogP contribution in [0.5, 0.6) is 0 Å². The number of carbonyl (C=O) groups is 1. The number of ether oxygens (including phenoxy) is 2. The second kappa shape index (κ2) is 7.97. The molecule has 3 rings (SSSR count). The molecule has 1 aliphatic heterocycles. The summed E-state index contributed by atoms with van der Waals surface area (Å²) in [4.78, 5) is 12.2. The standard InChI is InChI=1S/C17H23FN6O3/c1-11(9-17(3)26-6-7-27-17)10-19-16(25)20-13-4-5-14(18)15(8-13)24-12(2)21-22-23-24/h4-5,8,11H,6-7,9-10H2,1-3H3,(H2,19,20,25)/t11-/m1/s1. The van der Waals surface area contributed by atoms with Crippen molar-refractivity contribution in [3.63, 3.8) is 0 Å². The Labute approximate surface area is 156 Å². The first-order chi connectivity index (χ1) is 12.9. The van der Waals surface area contributed by atoms with Gasteiger partial charge in [0.2, 0.25) is 0 Å². The van der Waals surface area contributed by atoms with Crippen LogP contribution in [-0.2, 0) is 9.47 Å². The van der Waals surface area contributed by atoms with Gasteiger partial charge in [-0.3, -0.25) is 0 Å². The highest BCUT2D eigenvalue weighted by atomic mass is 19.1. The first-order valence-electron chi connectivity index (χ1n) is 8.74. The molecule has 0 bridgehead atoms. The number of rotatable bonds is 6. The third kappa shape index (κ3) is 4.77. The largest absolute Gasteiger partial charge is 0.348 e. The van der Waals surface area contributed by atoms with Gasteiger partial charge in [-0.2, -0.15) is 4.68 Å². The molecule has 1 aliphatic rings. The van der Waals surface area contributed by atoms with Crippen LogP contribution in [0.1, 0.15) is 26.1 Å². The number of carbonyl (C=O) groups excluding carboxylic acids is 1. The van der Waals surface area contributed by atoms with E-state index in [2.05, 4.69) is 26.2 Å². The predicted octanol–water partition coefficient (Wildman–Crippen LogP) is 2.02. The molecule has 1 aromatic carbocycles. The molecule has 0 unspecified atom stereocenters. The number of urea groups is 1. The molecule has 2 N–H and O–H groups in total. The first kappa shape index (κ1) is 19.2. The van der Waals surface area contributed by atoms with Crippen LogP contribution >= 0.6 is 0 Å². The molecule has 0 aliphatic carbocycles.